The molecule has 1 aliphatic heterocycles. The van der Waals surface area contributed by atoms with E-state index in [2.05, 4.69) is 5.32 Å². The number of rotatable bonds is 12. The van der Waals surface area contributed by atoms with Gasteiger partial charge in [-0.15, -0.1) is 0 Å². The molecule has 3 atom stereocenters. The van der Waals surface area contributed by atoms with Crippen molar-refractivity contribution in [3.05, 3.63) is 81.9 Å². The zero-order valence-electron chi connectivity index (χ0n) is 22.7. The number of likely N-dealkylation sites (tertiary alicyclic amines) is 1. The van der Waals surface area contributed by atoms with E-state index in [9.17, 15) is 19.2 Å². The number of hydrogen-bond donors (Lipinski definition) is 1. The summed E-state index contributed by atoms with van der Waals surface area (Å²) < 4.78 is 0. The maximum atomic E-state index is 13.9. The van der Waals surface area contributed by atoms with Gasteiger partial charge in [-0.1, -0.05) is 85.1 Å². The molecule has 1 heterocycles. The minimum Gasteiger partial charge on any atom is -0.354 e. The van der Waals surface area contributed by atoms with Crippen molar-refractivity contribution in [1.29, 1.82) is 0 Å². The Hall–Kier alpha value is -3.16. The summed E-state index contributed by atoms with van der Waals surface area (Å²) in [6, 6.07) is 13.7. The summed E-state index contributed by atoms with van der Waals surface area (Å²) in [6.07, 6.45) is 6.83. The SMILES string of the molecule is CCCCNC(=O)[C@@H](Cc1ccccc1)N(Cc1c(Cl)cccc1Cl)C(=O)CCN1C(=O)[C@H]2CC=CC[C@H]2C1=O. The fourth-order valence-corrected chi connectivity index (χ4v) is 5.87. The lowest BCUT2D eigenvalue weighted by atomic mass is 9.85. The summed E-state index contributed by atoms with van der Waals surface area (Å²) in [5.74, 6) is -1.82. The maximum Gasteiger partial charge on any atom is 0.243 e. The molecule has 1 N–H and O–H groups in total. The van der Waals surface area contributed by atoms with Crippen molar-refractivity contribution in [2.24, 2.45) is 11.8 Å². The summed E-state index contributed by atoms with van der Waals surface area (Å²) in [7, 11) is 0. The molecule has 2 aromatic carbocycles. The van der Waals surface area contributed by atoms with Gasteiger partial charge in [-0.3, -0.25) is 24.1 Å². The minimum absolute atomic E-state index is 0.00704. The van der Waals surface area contributed by atoms with Crippen LogP contribution in [0.3, 0.4) is 0 Å². The summed E-state index contributed by atoms with van der Waals surface area (Å²) in [5, 5.41) is 3.75. The first-order valence-electron chi connectivity index (χ1n) is 13.9. The second kappa shape index (κ2) is 14.0. The van der Waals surface area contributed by atoms with Gasteiger partial charge in [-0.2, -0.15) is 0 Å². The summed E-state index contributed by atoms with van der Waals surface area (Å²) in [4.78, 5) is 56.2. The van der Waals surface area contributed by atoms with Crippen LogP contribution in [0.1, 0.15) is 50.2 Å². The Bertz CT molecular complexity index is 1220. The number of amides is 4. The van der Waals surface area contributed by atoms with Gasteiger partial charge in [0.15, 0.2) is 0 Å². The molecule has 1 saturated heterocycles. The molecule has 212 valence electrons. The Morgan fingerprint density at radius 1 is 0.975 bits per heavy atom. The lowest BCUT2D eigenvalue weighted by Crippen LogP contribution is -2.51. The van der Waals surface area contributed by atoms with Crippen molar-refractivity contribution >= 4 is 46.8 Å². The molecular formula is C31H35Cl2N3O4. The number of halogens is 2. The van der Waals surface area contributed by atoms with Crippen LogP contribution in [0.2, 0.25) is 10.0 Å². The van der Waals surface area contributed by atoms with Gasteiger partial charge < -0.3 is 10.2 Å². The lowest BCUT2D eigenvalue weighted by Gasteiger charge is -2.32. The van der Waals surface area contributed by atoms with Crippen molar-refractivity contribution in [2.45, 2.75) is 58.0 Å². The third-order valence-electron chi connectivity index (χ3n) is 7.64. The molecular weight excluding hydrogens is 549 g/mol. The molecule has 7 nitrogen and oxygen atoms in total. The summed E-state index contributed by atoms with van der Waals surface area (Å²) >= 11 is 13.0. The maximum absolute atomic E-state index is 13.9. The number of allylic oxidation sites excluding steroid dienone is 2. The fourth-order valence-electron chi connectivity index (χ4n) is 5.35. The van der Waals surface area contributed by atoms with E-state index in [1.165, 1.54) is 9.80 Å². The molecule has 9 heteroatoms. The molecule has 2 aromatic rings. The molecule has 0 saturated carbocycles. The number of nitrogens with one attached hydrogen (secondary N) is 1. The van der Waals surface area contributed by atoms with E-state index in [1.807, 2.05) is 49.4 Å². The largest absolute Gasteiger partial charge is 0.354 e. The molecule has 4 rings (SSSR count). The van der Waals surface area contributed by atoms with Gasteiger partial charge in [0.05, 0.1) is 11.8 Å². The third-order valence-corrected chi connectivity index (χ3v) is 8.35. The number of benzene rings is 2. The first kappa shape index (κ1) is 29.8. The van der Waals surface area contributed by atoms with E-state index < -0.39 is 6.04 Å². The van der Waals surface area contributed by atoms with Crippen LogP contribution in [0.4, 0.5) is 0 Å². The zero-order chi connectivity index (χ0) is 28.6. The molecule has 2 aliphatic rings. The number of fused-ring (bicyclic) bond motifs is 1. The number of carbonyl (C=O) groups excluding carboxylic acids is 4. The average molecular weight is 585 g/mol. The second-order valence-corrected chi connectivity index (χ2v) is 11.1. The highest BCUT2D eigenvalue weighted by molar-refractivity contribution is 6.36. The highest BCUT2D eigenvalue weighted by atomic mass is 35.5. The van der Waals surface area contributed by atoms with E-state index in [1.54, 1.807) is 18.2 Å². The molecule has 40 heavy (non-hydrogen) atoms. The van der Waals surface area contributed by atoms with Gasteiger partial charge in [0.2, 0.25) is 23.6 Å². The molecule has 0 spiro atoms. The lowest BCUT2D eigenvalue weighted by molar-refractivity contribution is -0.144. The van der Waals surface area contributed by atoms with E-state index in [0.717, 1.165) is 18.4 Å². The van der Waals surface area contributed by atoms with Crippen molar-refractivity contribution in [2.75, 3.05) is 13.1 Å². The van der Waals surface area contributed by atoms with E-state index in [4.69, 9.17) is 23.2 Å². The number of nitrogens with zero attached hydrogens (tertiary/aromatic N) is 2. The minimum atomic E-state index is -0.851. The topological polar surface area (TPSA) is 86.8 Å². The van der Waals surface area contributed by atoms with Crippen LogP contribution in [0.15, 0.2) is 60.7 Å². The molecule has 0 unspecified atom stereocenters. The Balaban J connectivity index is 1.61. The van der Waals surface area contributed by atoms with Crippen LogP contribution >= 0.6 is 23.2 Å². The van der Waals surface area contributed by atoms with Crippen LogP contribution in [-0.4, -0.2) is 52.6 Å². The monoisotopic (exact) mass is 583 g/mol. The van der Waals surface area contributed by atoms with Crippen molar-refractivity contribution in [3.8, 4) is 0 Å². The number of carbonyl (C=O) groups is 4. The number of imide groups is 1. The smallest absolute Gasteiger partial charge is 0.243 e. The van der Waals surface area contributed by atoms with E-state index >= 15 is 0 Å². The molecule has 1 fully saturated rings. The number of unbranched alkanes of at least 4 members (excludes halogenated alkanes) is 1. The van der Waals surface area contributed by atoms with E-state index in [-0.39, 0.29) is 61.4 Å². The van der Waals surface area contributed by atoms with Crippen molar-refractivity contribution in [3.63, 3.8) is 0 Å². The summed E-state index contributed by atoms with van der Waals surface area (Å²) in [5.41, 5.74) is 1.42. The number of hydrogen-bond acceptors (Lipinski definition) is 4. The Kier molecular flexibility index (Phi) is 10.4. The first-order valence-corrected chi connectivity index (χ1v) is 14.6. The van der Waals surface area contributed by atoms with Crippen molar-refractivity contribution in [1.82, 2.24) is 15.1 Å². The van der Waals surface area contributed by atoms with Gasteiger partial charge >= 0.3 is 0 Å². The fraction of sp³-hybridized carbons (Fsp3) is 0.419. The molecule has 0 radical (unpaired) electrons. The molecule has 4 amide bonds. The van der Waals surface area contributed by atoms with Gasteiger partial charge in [0.25, 0.3) is 0 Å². The zero-order valence-corrected chi connectivity index (χ0v) is 24.2. The predicted octanol–water partition coefficient (Wildman–Crippen LogP) is 5.19. The molecule has 0 bridgehead atoms. The van der Waals surface area contributed by atoms with Gasteiger partial charge in [0, 0.05) is 48.1 Å². The third kappa shape index (κ3) is 6.94. The van der Waals surface area contributed by atoms with Gasteiger partial charge in [0.1, 0.15) is 6.04 Å². The Morgan fingerprint density at radius 3 is 2.20 bits per heavy atom. The van der Waals surface area contributed by atoms with Crippen LogP contribution < -0.4 is 5.32 Å². The molecule has 1 aliphatic carbocycles. The van der Waals surface area contributed by atoms with Crippen LogP contribution in [0.5, 0.6) is 0 Å². The highest BCUT2D eigenvalue weighted by Gasteiger charge is 2.47. The highest BCUT2D eigenvalue weighted by Crippen LogP contribution is 2.35. The Labute approximate surface area is 245 Å². The van der Waals surface area contributed by atoms with Crippen LogP contribution in [0.25, 0.3) is 0 Å². The van der Waals surface area contributed by atoms with E-state index in [0.29, 0.717) is 35.0 Å². The standard InChI is InChI=1S/C31H35Cl2N3O4/c1-2-3-17-34-29(38)27(19-21-10-5-4-6-11-21)36(20-24-25(32)14-9-15-26(24)33)28(37)16-18-35-30(39)22-12-7-8-13-23(22)31(35)40/h4-11,14-15,22-23,27H,2-3,12-13,16-20H2,1H3,(H,34,38)/t22-,23+,27-/m1/s1. The first-order chi connectivity index (χ1) is 19.3. The van der Waals surface area contributed by atoms with Crippen LogP contribution in [0, 0.1) is 11.8 Å². The Morgan fingerprint density at radius 2 is 1.60 bits per heavy atom. The predicted molar refractivity (Wildman–Crippen MR) is 156 cm³/mol. The molecule has 0 aromatic heterocycles. The second-order valence-electron chi connectivity index (χ2n) is 10.3. The summed E-state index contributed by atoms with van der Waals surface area (Å²) in [6.45, 7) is 2.50. The normalized spacial score (nSPS) is 18.9. The average Bonchev–Trinajstić information content (AvgIpc) is 3.20. The van der Waals surface area contributed by atoms with Gasteiger partial charge in [-0.25, -0.2) is 0 Å². The van der Waals surface area contributed by atoms with Gasteiger partial charge in [-0.05, 0) is 37.0 Å². The van der Waals surface area contributed by atoms with Crippen molar-refractivity contribution < 1.29 is 19.2 Å². The quantitative estimate of drug-likeness (QED) is 0.211. The van der Waals surface area contributed by atoms with Crippen LogP contribution in [-0.2, 0) is 32.1 Å².